The summed E-state index contributed by atoms with van der Waals surface area (Å²) < 4.78 is 4.83. The van der Waals surface area contributed by atoms with Gasteiger partial charge in [-0.2, -0.15) is 0 Å². The lowest BCUT2D eigenvalue weighted by Crippen LogP contribution is -2.29. The van der Waals surface area contributed by atoms with Gasteiger partial charge in [0.2, 0.25) is 0 Å². The summed E-state index contributed by atoms with van der Waals surface area (Å²) in [6, 6.07) is 8.21. The molecule has 0 amide bonds. The molecule has 0 fully saturated rings. The molecule has 1 aliphatic rings. The molecule has 0 bridgehead atoms. The molecule has 1 heterocycles. The number of anilines is 1. The minimum absolute atomic E-state index is 0.123. The number of benzene rings is 1. The fraction of sp³-hybridized carbons (Fsp3) is 0.417. The molecule has 0 radical (unpaired) electrons. The second kappa shape index (κ2) is 3.93. The van der Waals surface area contributed by atoms with Gasteiger partial charge < -0.3 is 10.1 Å². The molecule has 1 aromatic rings. The zero-order valence-corrected chi connectivity index (χ0v) is 8.99. The summed E-state index contributed by atoms with van der Waals surface area (Å²) in [6.07, 6.45) is 0.795. The van der Waals surface area contributed by atoms with Crippen LogP contribution >= 0.6 is 0 Å². The minimum atomic E-state index is -0.143. The Kier molecular flexibility index (Phi) is 2.62. The summed E-state index contributed by atoms with van der Waals surface area (Å²) >= 11 is 0. The van der Waals surface area contributed by atoms with Gasteiger partial charge in [0, 0.05) is 11.7 Å². The number of esters is 1. The number of nitrogens with one attached hydrogen (secondary N) is 1. The zero-order chi connectivity index (χ0) is 10.8. The highest BCUT2D eigenvalue weighted by Crippen LogP contribution is 2.34. The first-order valence-corrected chi connectivity index (χ1v) is 5.15. The van der Waals surface area contributed by atoms with Gasteiger partial charge in [0.05, 0.1) is 13.0 Å². The van der Waals surface area contributed by atoms with E-state index in [1.165, 1.54) is 7.11 Å². The van der Waals surface area contributed by atoms with Crippen molar-refractivity contribution in [2.24, 2.45) is 0 Å². The molecule has 0 aliphatic carbocycles. The second-order valence-electron chi connectivity index (χ2n) is 3.94. The van der Waals surface area contributed by atoms with E-state index in [1.807, 2.05) is 24.3 Å². The predicted molar refractivity (Wildman–Crippen MR) is 58.9 cm³/mol. The Morgan fingerprint density at radius 3 is 2.93 bits per heavy atom. The van der Waals surface area contributed by atoms with Crippen LogP contribution in [-0.4, -0.2) is 19.1 Å². The summed E-state index contributed by atoms with van der Waals surface area (Å²) in [6.45, 7) is 2.08. The van der Waals surface area contributed by atoms with Crippen molar-refractivity contribution in [3.63, 3.8) is 0 Å². The van der Waals surface area contributed by atoms with E-state index in [2.05, 4.69) is 12.2 Å². The number of carbonyl (C=O) groups excluding carboxylic acids is 1. The van der Waals surface area contributed by atoms with E-state index in [9.17, 15) is 4.79 Å². The zero-order valence-electron chi connectivity index (χ0n) is 8.99. The van der Waals surface area contributed by atoms with E-state index in [0.717, 1.165) is 17.7 Å². The van der Waals surface area contributed by atoms with E-state index in [-0.39, 0.29) is 11.9 Å². The largest absolute Gasteiger partial charge is 0.469 e. The molecule has 3 heteroatoms. The number of methoxy groups -OCH3 is 1. The maximum absolute atomic E-state index is 11.6. The third-order valence-electron chi connectivity index (χ3n) is 2.81. The third-order valence-corrected chi connectivity index (χ3v) is 2.81. The Morgan fingerprint density at radius 2 is 2.20 bits per heavy atom. The first-order chi connectivity index (χ1) is 7.22. The van der Waals surface area contributed by atoms with Crippen molar-refractivity contribution in [1.29, 1.82) is 0 Å². The molecule has 0 saturated heterocycles. The van der Waals surface area contributed by atoms with Crippen molar-refractivity contribution in [2.75, 3.05) is 12.4 Å². The Labute approximate surface area is 89.4 Å². The smallest absolute Gasteiger partial charge is 0.313 e. The molecule has 1 N–H and O–H groups in total. The van der Waals surface area contributed by atoms with Crippen LogP contribution in [0.25, 0.3) is 0 Å². The van der Waals surface area contributed by atoms with Crippen LogP contribution in [0.2, 0.25) is 0 Å². The topological polar surface area (TPSA) is 38.3 Å². The Balaban J connectivity index is 2.38. The fourth-order valence-corrected chi connectivity index (χ4v) is 2.10. The van der Waals surface area contributed by atoms with Crippen molar-refractivity contribution in [3.05, 3.63) is 29.8 Å². The van der Waals surface area contributed by atoms with E-state index in [4.69, 9.17) is 4.74 Å². The highest BCUT2D eigenvalue weighted by Gasteiger charge is 2.29. The van der Waals surface area contributed by atoms with Gasteiger partial charge in [-0.05, 0) is 25.0 Å². The van der Waals surface area contributed by atoms with Gasteiger partial charge in [-0.15, -0.1) is 0 Å². The van der Waals surface area contributed by atoms with E-state index in [1.54, 1.807) is 0 Å². The second-order valence-corrected chi connectivity index (χ2v) is 3.94. The van der Waals surface area contributed by atoms with Crippen molar-refractivity contribution in [3.8, 4) is 0 Å². The highest BCUT2D eigenvalue weighted by molar-refractivity contribution is 5.81. The van der Waals surface area contributed by atoms with Gasteiger partial charge in [0.25, 0.3) is 0 Å². The Hall–Kier alpha value is -1.51. The lowest BCUT2D eigenvalue weighted by atomic mass is 9.87. The van der Waals surface area contributed by atoms with Crippen molar-refractivity contribution in [1.82, 2.24) is 0 Å². The third kappa shape index (κ3) is 1.82. The highest BCUT2D eigenvalue weighted by atomic mass is 16.5. The number of hydrogen-bond donors (Lipinski definition) is 1. The molecular formula is C12H15NO2. The summed E-state index contributed by atoms with van der Waals surface area (Å²) in [5.74, 6) is -0.266. The lowest BCUT2D eigenvalue weighted by molar-refractivity contribution is -0.142. The predicted octanol–water partition coefficient (Wildman–Crippen LogP) is 2.15. The molecule has 0 saturated carbocycles. The van der Waals surface area contributed by atoms with E-state index in [0.29, 0.717) is 6.04 Å². The van der Waals surface area contributed by atoms with E-state index >= 15 is 0 Å². The Morgan fingerprint density at radius 1 is 1.47 bits per heavy atom. The van der Waals surface area contributed by atoms with Crippen molar-refractivity contribution < 1.29 is 9.53 Å². The molecule has 2 atom stereocenters. The van der Waals surface area contributed by atoms with Crippen LogP contribution in [0.5, 0.6) is 0 Å². The number of carbonyl (C=O) groups is 1. The maximum atomic E-state index is 11.6. The number of fused-ring (bicyclic) bond motifs is 1. The van der Waals surface area contributed by atoms with Crippen LogP contribution in [0, 0.1) is 0 Å². The van der Waals surface area contributed by atoms with Crippen LogP contribution in [0.1, 0.15) is 24.8 Å². The molecule has 2 rings (SSSR count). The van der Waals surface area contributed by atoms with Crippen LogP contribution < -0.4 is 5.32 Å². The SMILES string of the molecule is COC(=O)[C@H]1C[C@H](C)Nc2ccccc21. The molecule has 0 aromatic heterocycles. The summed E-state index contributed by atoms with van der Waals surface area (Å²) in [5, 5.41) is 3.36. The summed E-state index contributed by atoms with van der Waals surface area (Å²) in [4.78, 5) is 11.6. The normalized spacial score (nSPS) is 23.9. The van der Waals surface area contributed by atoms with Gasteiger partial charge >= 0.3 is 5.97 Å². The number of ether oxygens (including phenoxy) is 1. The van der Waals surface area contributed by atoms with Crippen LogP contribution in [0.4, 0.5) is 5.69 Å². The molecule has 80 valence electrons. The van der Waals surface area contributed by atoms with Gasteiger partial charge in [0.1, 0.15) is 0 Å². The number of para-hydroxylation sites is 1. The molecular weight excluding hydrogens is 190 g/mol. The van der Waals surface area contributed by atoms with Gasteiger partial charge in [-0.25, -0.2) is 0 Å². The number of hydrogen-bond acceptors (Lipinski definition) is 3. The van der Waals surface area contributed by atoms with E-state index < -0.39 is 0 Å². The van der Waals surface area contributed by atoms with Crippen LogP contribution in [0.15, 0.2) is 24.3 Å². The number of rotatable bonds is 1. The van der Waals surface area contributed by atoms with Gasteiger partial charge in [0.15, 0.2) is 0 Å². The first kappa shape index (κ1) is 10.0. The summed E-state index contributed by atoms with van der Waals surface area (Å²) in [7, 11) is 1.44. The molecule has 15 heavy (non-hydrogen) atoms. The summed E-state index contributed by atoms with van der Waals surface area (Å²) in [5.41, 5.74) is 2.09. The standard InChI is InChI=1S/C12H15NO2/c1-8-7-10(12(14)15-2)9-5-3-4-6-11(9)13-8/h3-6,8,10,13H,7H2,1-2H3/t8-,10-/m0/s1. The lowest BCUT2D eigenvalue weighted by Gasteiger charge is -2.29. The van der Waals surface area contributed by atoms with Crippen molar-refractivity contribution in [2.45, 2.75) is 25.3 Å². The molecule has 1 aromatic carbocycles. The molecule has 0 unspecified atom stereocenters. The molecule has 1 aliphatic heterocycles. The quantitative estimate of drug-likeness (QED) is 0.714. The van der Waals surface area contributed by atoms with Crippen molar-refractivity contribution >= 4 is 11.7 Å². The fourth-order valence-electron chi connectivity index (χ4n) is 2.10. The molecule has 0 spiro atoms. The van der Waals surface area contributed by atoms with Gasteiger partial charge in [-0.1, -0.05) is 18.2 Å². The Bertz CT molecular complexity index is 376. The molecule has 3 nitrogen and oxygen atoms in total. The van der Waals surface area contributed by atoms with Gasteiger partial charge in [-0.3, -0.25) is 4.79 Å². The first-order valence-electron chi connectivity index (χ1n) is 5.15. The average molecular weight is 205 g/mol. The van der Waals surface area contributed by atoms with Crippen LogP contribution in [0.3, 0.4) is 0 Å². The van der Waals surface area contributed by atoms with Crippen LogP contribution in [-0.2, 0) is 9.53 Å². The maximum Gasteiger partial charge on any atom is 0.313 e. The average Bonchev–Trinajstić information content (AvgIpc) is 2.26. The minimum Gasteiger partial charge on any atom is -0.469 e. The monoisotopic (exact) mass is 205 g/mol.